The van der Waals surface area contributed by atoms with E-state index in [4.69, 9.17) is 5.11 Å². The average Bonchev–Trinajstić information content (AvgIpc) is 2.41. The maximum Gasteiger partial charge on any atom is 0.354 e. The lowest BCUT2D eigenvalue weighted by molar-refractivity contribution is -0.384. The normalized spacial score (nSPS) is 17.2. The van der Waals surface area contributed by atoms with Crippen LogP contribution in [0.4, 0.5) is 11.5 Å². The van der Waals surface area contributed by atoms with Crippen molar-refractivity contribution >= 4 is 23.4 Å². The molecule has 112 valence electrons. The SMILES string of the molecule is CC1(C)C(=O)NCCN1c1nc(C(=O)O)ccc1[N+](=O)[O-]. The standard InChI is InChI=1S/C12H14N4O5/c1-12(2)11(19)13-5-6-15(12)9-8(16(20)21)4-3-7(14-9)10(17)18/h3-4H,5-6H2,1-2H3,(H,13,19)(H,17,18). The second-order valence-electron chi connectivity index (χ2n) is 5.07. The lowest BCUT2D eigenvalue weighted by atomic mass is 9.98. The van der Waals surface area contributed by atoms with E-state index in [2.05, 4.69) is 10.3 Å². The summed E-state index contributed by atoms with van der Waals surface area (Å²) in [4.78, 5) is 38.7. The molecule has 21 heavy (non-hydrogen) atoms. The largest absolute Gasteiger partial charge is 0.477 e. The number of piperazine rings is 1. The molecule has 0 spiro atoms. The van der Waals surface area contributed by atoms with Crippen molar-refractivity contribution < 1.29 is 19.6 Å². The molecule has 0 atom stereocenters. The van der Waals surface area contributed by atoms with Crippen molar-refractivity contribution in [3.63, 3.8) is 0 Å². The topological polar surface area (TPSA) is 126 Å². The van der Waals surface area contributed by atoms with Gasteiger partial charge in [-0.3, -0.25) is 14.9 Å². The molecule has 2 N–H and O–H groups in total. The van der Waals surface area contributed by atoms with E-state index in [1.54, 1.807) is 13.8 Å². The van der Waals surface area contributed by atoms with Crippen LogP contribution in [0.2, 0.25) is 0 Å². The van der Waals surface area contributed by atoms with Gasteiger partial charge in [0.2, 0.25) is 11.7 Å². The zero-order valence-corrected chi connectivity index (χ0v) is 11.5. The molecule has 1 aromatic heterocycles. The van der Waals surface area contributed by atoms with Gasteiger partial charge in [0, 0.05) is 19.2 Å². The van der Waals surface area contributed by atoms with Crippen LogP contribution in [0.5, 0.6) is 0 Å². The Bertz CT molecular complexity index is 628. The highest BCUT2D eigenvalue weighted by atomic mass is 16.6. The van der Waals surface area contributed by atoms with Crippen molar-refractivity contribution in [2.45, 2.75) is 19.4 Å². The van der Waals surface area contributed by atoms with Crippen molar-refractivity contribution in [1.29, 1.82) is 0 Å². The van der Waals surface area contributed by atoms with E-state index in [-0.39, 0.29) is 23.1 Å². The number of nitrogens with zero attached hydrogens (tertiary/aromatic N) is 3. The van der Waals surface area contributed by atoms with Crippen LogP contribution >= 0.6 is 0 Å². The monoisotopic (exact) mass is 294 g/mol. The third-order valence-electron chi connectivity index (χ3n) is 3.38. The van der Waals surface area contributed by atoms with Gasteiger partial charge in [0.1, 0.15) is 5.54 Å². The summed E-state index contributed by atoms with van der Waals surface area (Å²) < 4.78 is 0. The van der Waals surface area contributed by atoms with E-state index in [1.807, 2.05) is 0 Å². The van der Waals surface area contributed by atoms with Crippen LogP contribution in [0.3, 0.4) is 0 Å². The van der Waals surface area contributed by atoms with Gasteiger partial charge in [-0.05, 0) is 19.9 Å². The van der Waals surface area contributed by atoms with Gasteiger partial charge in [-0.2, -0.15) is 0 Å². The number of carboxylic acids is 1. The Morgan fingerprint density at radius 2 is 2.19 bits per heavy atom. The maximum absolute atomic E-state index is 11.9. The van der Waals surface area contributed by atoms with E-state index >= 15 is 0 Å². The predicted octanol–water partition coefficient (Wildman–Crippen LogP) is 0.403. The van der Waals surface area contributed by atoms with Gasteiger partial charge >= 0.3 is 11.7 Å². The first-order valence-electron chi connectivity index (χ1n) is 6.20. The molecule has 0 aromatic carbocycles. The zero-order valence-electron chi connectivity index (χ0n) is 11.5. The molecule has 0 unspecified atom stereocenters. The van der Waals surface area contributed by atoms with Crippen molar-refractivity contribution in [2.75, 3.05) is 18.0 Å². The highest BCUT2D eigenvalue weighted by molar-refractivity contribution is 5.91. The second-order valence-corrected chi connectivity index (χ2v) is 5.07. The number of hydrogen-bond acceptors (Lipinski definition) is 6. The molecule has 2 heterocycles. The number of aromatic nitrogens is 1. The summed E-state index contributed by atoms with van der Waals surface area (Å²) in [6.07, 6.45) is 0. The maximum atomic E-state index is 11.9. The smallest absolute Gasteiger partial charge is 0.354 e. The van der Waals surface area contributed by atoms with Gasteiger partial charge in [0.05, 0.1) is 4.92 Å². The number of rotatable bonds is 3. The molecule has 0 radical (unpaired) electrons. The molecular weight excluding hydrogens is 280 g/mol. The van der Waals surface area contributed by atoms with Crippen molar-refractivity contribution in [1.82, 2.24) is 10.3 Å². The number of nitro groups is 1. The van der Waals surface area contributed by atoms with Gasteiger partial charge in [0.15, 0.2) is 5.69 Å². The summed E-state index contributed by atoms with van der Waals surface area (Å²) in [7, 11) is 0. The van der Waals surface area contributed by atoms with Gasteiger partial charge in [0.25, 0.3) is 0 Å². The number of amides is 1. The third-order valence-corrected chi connectivity index (χ3v) is 3.38. The molecule has 2 rings (SSSR count). The number of nitrogens with one attached hydrogen (secondary N) is 1. The minimum absolute atomic E-state index is 0.111. The lowest BCUT2D eigenvalue weighted by Gasteiger charge is -2.41. The van der Waals surface area contributed by atoms with Crippen LogP contribution in [0.15, 0.2) is 12.1 Å². The van der Waals surface area contributed by atoms with E-state index in [0.29, 0.717) is 13.1 Å². The summed E-state index contributed by atoms with van der Waals surface area (Å²) in [5.74, 6) is -1.70. The fraction of sp³-hybridized carbons (Fsp3) is 0.417. The molecule has 1 aliphatic rings. The molecule has 0 aliphatic carbocycles. The van der Waals surface area contributed by atoms with E-state index < -0.39 is 16.4 Å². The van der Waals surface area contributed by atoms with E-state index in [1.165, 1.54) is 4.90 Å². The molecule has 0 saturated carbocycles. The molecule has 1 fully saturated rings. The summed E-state index contributed by atoms with van der Waals surface area (Å²) in [6, 6.07) is 2.16. The van der Waals surface area contributed by atoms with Crippen molar-refractivity contribution in [3.05, 3.63) is 27.9 Å². The van der Waals surface area contributed by atoms with E-state index in [9.17, 15) is 19.7 Å². The Labute approximate surface area is 119 Å². The number of carboxylic acid groups (broad SMARTS) is 1. The molecule has 9 heteroatoms. The van der Waals surface area contributed by atoms with Crippen LogP contribution in [0.1, 0.15) is 24.3 Å². The first-order valence-corrected chi connectivity index (χ1v) is 6.20. The number of aromatic carboxylic acids is 1. The predicted molar refractivity (Wildman–Crippen MR) is 72.3 cm³/mol. The molecule has 1 amide bonds. The third kappa shape index (κ3) is 2.49. The molecule has 0 bridgehead atoms. The molecule has 1 saturated heterocycles. The summed E-state index contributed by atoms with van der Waals surface area (Å²) in [5.41, 5.74) is -1.70. The van der Waals surface area contributed by atoms with Gasteiger partial charge in [-0.25, -0.2) is 9.78 Å². The van der Waals surface area contributed by atoms with Crippen LogP contribution in [0, 0.1) is 10.1 Å². The minimum Gasteiger partial charge on any atom is -0.477 e. The Morgan fingerprint density at radius 3 is 2.76 bits per heavy atom. The van der Waals surface area contributed by atoms with Crippen LogP contribution in [-0.4, -0.2) is 45.5 Å². The van der Waals surface area contributed by atoms with Gasteiger partial charge in [-0.1, -0.05) is 0 Å². The van der Waals surface area contributed by atoms with E-state index in [0.717, 1.165) is 12.1 Å². The average molecular weight is 294 g/mol. The molecular formula is C12H14N4O5. The molecule has 1 aliphatic heterocycles. The van der Waals surface area contributed by atoms with Crippen molar-refractivity contribution in [2.24, 2.45) is 0 Å². The quantitative estimate of drug-likeness (QED) is 0.610. The Kier molecular flexibility index (Phi) is 3.50. The fourth-order valence-electron chi connectivity index (χ4n) is 2.17. The van der Waals surface area contributed by atoms with Gasteiger partial charge in [-0.15, -0.1) is 0 Å². The Morgan fingerprint density at radius 1 is 1.52 bits per heavy atom. The fourth-order valence-corrected chi connectivity index (χ4v) is 2.17. The number of carbonyl (C=O) groups excluding carboxylic acids is 1. The van der Waals surface area contributed by atoms with Crippen LogP contribution in [0.25, 0.3) is 0 Å². The summed E-state index contributed by atoms with van der Waals surface area (Å²) in [6.45, 7) is 3.80. The van der Waals surface area contributed by atoms with Gasteiger partial charge < -0.3 is 15.3 Å². The van der Waals surface area contributed by atoms with Crippen molar-refractivity contribution in [3.8, 4) is 0 Å². The highest BCUT2D eigenvalue weighted by Gasteiger charge is 2.41. The molecule has 1 aromatic rings. The second kappa shape index (κ2) is 5.00. The first kappa shape index (κ1) is 14.7. The first-order chi connectivity index (χ1) is 9.75. The summed E-state index contributed by atoms with van der Waals surface area (Å²) >= 11 is 0. The summed E-state index contributed by atoms with van der Waals surface area (Å²) in [5, 5.41) is 22.8. The number of hydrogen-bond donors (Lipinski definition) is 2. The minimum atomic E-state index is -1.29. The number of anilines is 1. The Hall–Kier alpha value is -2.71. The number of pyridine rings is 1. The Balaban J connectivity index is 2.59. The van der Waals surface area contributed by atoms with Crippen LogP contribution in [-0.2, 0) is 4.79 Å². The zero-order chi connectivity index (χ0) is 15.8. The lowest BCUT2D eigenvalue weighted by Crippen LogP contribution is -2.62. The van der Waals surface area contributed by atoms with Crippen LogP contribution < -0.4 is 10.2 Å². The molecule has 9 nitrogen and oxygen atoms in total. The number of carbonyl (C=O) groups is 2. The highest BCUT2D eigenvalue weighted by Crippen LogP contribution is 2.32.